The van der Waals surface area contributed by atoms with Crippen LogP contribution in [0.3, 0.4) is 0 Å². The van der Waals surface area contributed by atoms with Gasteiger partial charge in [0.15, 0.2) is 0 Å². The molecule has 0 saturated carbocycles. The van der Waals surface area contributed by atoms with Gasteiger partial charge < -0.3 is 0 Å². The van der Waals surface area contributed by atoms with Gasteiger partial charge >= 0.3 is 0 Å². The van der Waals surface area contributed by atoms with Crippen molar-refractivity contribution in [3.8, 4) is 0 Å². The van der Waals surface area contributed by atoms with Crippen LogP contribution in [0.25, 0.3) is 0 Å². The average Bonchev–Trinajstić information content (AvgIpc) is 1.72. The second kappa shape index (κ2) is 4.08. The van der Waals surface area contributed by atoms with Crippen LogP contribution in [0.1, 0.15) is 13.3 Å². The van der Waals surface area contributed by atoms with Gasteiger partial charge in [-0.15, -0.1) is 9.24 Å². The summed E-state index contributed by atoms with van der Waals surface area (Å²) in [6.45, 7) is 5.73. The van der Waals surface area contributed by atoms with E-state index in [0.29, 0.717) is 0 Å². The van der Waals surface area contributed by atoms with Crippen molar-refractivity contribution in [1.29, 1.82) is 0 Å². The molecule has 0 aliphatic rings. The average molecular weight is 114 g/mol. The normalized spacial score (nSPS) is 11.4. The van der Waals surface area contributed by atoms with Crippen LogP contribution in [0.4, 0.5) is 0 Å². The molecule has 0 heterocycles. The molecule has 0 radical (unpaired) electrons. The van der Waals surface area contributed by atoms with Crippen LogP contribution in [-0.4, -0.2) is 0 Å². The molecule has 0 rings (SSSR count). The number of rotatable bonds is 2. The molecular weight excluding hydrogens is 103 g/mol. The standard InChI is InChI=1S/C6H11P/c1-3-6(4-2)5-7/h3,5H,1,4,7H2,2H3/b6-5+. The predicted molar refractivity (Wildman–Crippen MR) is 38.3 cm³/mol. The summed E-state index contributed by atoms with van der Waals surface area (Å²) in [5, 5.41) is 0. The van der Waals surface area contributed by atoms with Gasteiger partial charge in [-0.25, -0.2) is 0 Å². The fourth-order valence-electron chi connectivity index (χ4n) is 0.330. The van der Waals surface area contributed by atoms with E-state index >= 15 is 0 Å². The van der Waals surface area contributed by atoms with Crippen molar-refractivity contribution in [2.45, 2.75) is 13.3 Å². The lowest BCUT2D eigenvalue weighted by Gasteiger charge is -1.88. The van der Waals surface area contributed by atoms with Crippen LogP contribution in [0, 0.1) is 0 Å². The zero-order valence-corrected chi connectivity index (χ0v) is 5.80. The maximum atomic E-state index is 3.62. The van der Waals surface area contributed by atoms with Gasteiger partial charge in [-0.3, -0.25) is 0 Å². The van der Waals surface area contributed by atoms with Crippen LogP contribution >= 0.6 is 9.24 Å². The lowest BCUT2D eigenvalue weighted by molar-refractivity contribution is 1.16. The Labute approximate surface area is 47.5 Å². The highest BCUT2D eigenvalue weighted by Crippen LogP contribution is 2.02. The molecule has 1 heteroatoms. The zero-order valence-electron chi connectivity index (χ0n) is 4.65. The molecule has 0 bridgehead atoms. The van der Waals surface area contributed by atoms with Crippen molar-refractivity contribution in [1.82, 2.24) is 0 Å². The van der Waals surface area contributed by atoms with E-state index in [9.17, 15) is 0 Å². The monoisotopic (exact) mass is 114 g/mol. The minimum absolute atomic E-state index is 1.08. The van der Waals surface area contributed by atoms with E-state index in [2.05, 4.69) is 22.7 Å². The predicted octanol–water partition coefficient (Wildman–Crippen LogP) is 2.34. The first-order valence-electron chi connectivity index (χ1n) is 2.38. The first-order valence-corrected chi connectivity index (χ1v) is 3.05. The molecule has 0 fully saturated rings. The lowest BCUT2D eigenvalue weighted by atomic mass is 10.2. The third-order valence-corrected chi connectivity index (χ3v) is 1.31. The summed E-state index contributed by atoms with van der Waals surface area (Å²) in [6, 6.07) is 0. The van der Waals surface area contributed by atoms with Gasteiger partial charge in [0.25, 0.3) is 0 Å². The second-order valence-corrected chi connectivity index (χ2v) is 1.63. The number of allylic oxidation sites excluding steroid dienone is 2. The Bertz CT molecular complexity index is 82.2. The molecule has 0 saturated heterocycles. The van der Waals surface area contributed by atoms with Gasteiger partial charge in [0, 0.05) is 0 Å². The van der Waals surface area contributed by atoms with Crippen LogP contribution in [0.2, 0.25) is 0 Å². The third kappa shape index (κ3) is 2.59. The Kier molecular flexibility index (Phi) is 4.03. The number of hydrogen-bond acceptors (Lipinski definition) is 0. The molecule has 0 aliphatic heterocycles. The molecular formula is C6H11P. The van der Waals surface area contributed by atoms with E-state index in [0.717, 1.165) is 6.42 Å². The molecule has 0 amide bonds. The van der Waals surface area contributed by atoms with Crippen molar-refractivity contribution >= 4 is 9.24 Å². The van der Waals surface area contributed by atoms with Crippen LogP contribution in [0.5, 0.6) is 0 Å². The molecule has 40 valence electrons. The van der Waals surface area contributed by atoms with Crippen molar-refractivity contribution in [3.05, 3.63) is 24.0 Å². The van der Waals surface area contributed by atoms with Crippen molar-refractivity contribution in [3.63, 3.8) is 0 Å². The lowest BCUT2D eigenvalue weighted by Crippen LogP contribution is -1.65. The molecule has 0 nitrogen and oxygen atoms in total. The minimum Gasteiger partial charge on any atom is -0.113 e. The number of hydrogen-bond donors (Lipinski definition) is 0. The first-order chi connectivity index (χ1) is 3.35. The van der Waals surface area contributed by atoms with Gasteiger partial charge in [0.2, 0.25) is 0 Å². The summed E-state index contributed by atoms with van der Waals surface area (Å²) in [5.74, 6) is 1.99. The van der Waals surface area contributed by atoms with E-state index < -0.39 is 0 Å². The smallest absolute Gasteiger partial charge is 0.0307 e. The van der Waals surface area contributed by atoms with Crippen molar-refractivity contribution < 1.29 is 0 Å². The SMILES string of the molecule is C=C/C(=C\P)CC. The molecule has 1 unspecified atom stereocenters. The summed E-state index contributed by atoms with van der Waals surface area (Å²) in [4.78, 5) is 0. The molecule has 1 atom stereocenters. The highest BCUT2D eigenvalue weighted by atomic mass is 31.0. The van der Waals surface area contributed by atoms with E-state index in [-0.39, 0.29) is 0 Å². The van der Waals surface area contributed by atoms with Crippen LogP contribution in [-0.2, 0) is 0 Å². The summed E-state index contributed by atoms with van der Waals surface area (Å²) >= 11 is 0. The topological polar surface area (TPSA) is 0 Å². The fraction of sp³-hybridized carbons (Fsp3) is 0.333. The summed E-state index contributed by atoms with van der Waals surface area (Å²) < 4.78 is 0. The molecule has 0 N–H and O–H groups in total. The Morgan fingerprint density at radius 1 is 1.86 bits per heavy atom. The molecule has 0 aromatic heterocycles. The van der Waals surface area contributed by atoms with Crippen molar-refractivity contribution in [2.24, 2.45) is 0 Å². The Balaban J connectivity index is 3.60. The van der Waals surface area contributed by atoms with E-state index in [1.165, 1.54) is 5.57 Å². The van der Waals surface area contributed by atoms with Gasteiger partial charge in [-0.1, -0.05) is 25.4 Å². The summed E-state index contributed by atoms with van der Waals surface area (Å²) in [7, 11) is 2.55. The second-order valence-electron chi connectivity index (χ2n) is 1.30. The third-order valence-electron chi connectivity index (χ3n) is 0.885. The highest BCUT2D eigenvalue weighted by Gasteiger charge is 1.77. The Hall–Kier alpha value is -0.0900. The largest absolute Gasteiger partial charge is 0.113 e. The fourth-order valence-corrected chi connectivity index (χ4v) is 0.702. The maximum absolute atomic E-state index is 3.62. The van der Waals surface area contributed by atoms with Gasteiger partial charge in [-0.05, 0) is 12.0 Å². The quantitative estimate of drug-likeness (QED) is 0.382. The summed E-state index contributed by atoms with van der Waals surface area (Å²) in [5.41, 5.74) is 1.28. The summed E-state index contributed by atoms with van der Waals surface area (Å²) in [6.07, 6.45) is 2.94. The highest BCUT2D eigenvalue weighted by molar-refractivity contribution is 7.20. The Morgan fingerprint density at radius 3 is 2.43 bits per heavy atom. The Morgan fingerprint density at radius 2 is 2.43 bits per heavy atom. The molecule has 0 spiro atoms. The van der Waals surface area contributed by atoms with E-state index in [1.54, 1.807) is 0 Å². The van der Waals surface area contributed by atoms with Gasteiger partial charge in [0.05, 0.1) is 0 Å². The molecule has 7 heavy (non-hydrogen) atoms. The van der Waals surface area contributed by atoms with Crippen molar-refractivity contribution in [2.75, 3.05) is 0 Å². The molecule has 0 aliphatic carbocycles. The van der Waals surface area contributed by atoms with Crippen LogP contribution < -0.4 is 0 Å². The van der Waals surface area contributed by atoms with Gasteiger partial charge in [-0.2, -0.15) is 0 Å². The zero-order chi connectivity index (χ0) is 5.70. The van der Waals surface area contributed by atoms with Gasteiger partial charge in [0.1, 0.15) is 0 Å². The maximum Gasteiger partial charge on any atom is -0.0307 e. The van der Waals surface area contributed by atoms with E-state index in [4.69, 9.17) is 0 Å². The molecule has 0 aromatic carbocycles. The first kappa shape index (κ1) is 6.91. The van der Waals surface area contributed by atoms with Crippen LogP contribution in [0.15, 0.2) is 24.0 Å². The van der Waals surface area contributed by atoms with E-state index in [1.807, 2.05) is 11.9 Å². The minimum atomic E-state index is 1.08. The molecule has 0 aromatic rings.